The Balaban J connectivity index is -0.000000500. The summed E-state index contributed by atoms with van der Waals surface area (Å²) in [5, 5.41) is 3.09. The van der Waals surface area contributed by atoms with Crippen LogP contribution in [0.25, 0.3) is 0 Å². The van der Waals surface area contributed by atoms with E-state index in [0.717, 1.165) is 0 Å². The molecule has 0 N–H and O–H groups in total. The minimum atomic E-state index is -1.45. The monoisotopic (exact) mass is 694 g/mol. The summed E-state index contributed by atoms with van der Waals surface area (Å²) in [6.07, 6.45) is 0. The van der Waals surface area contributed by atoms with Gasteiger partial charge < -0.3 is 33.9 Å². The molecule has 0 aromatic heterocycles. The number of rotatable bonds is 8. The molecule has 188 valence electrons. The first-order valence-corrected chi connectivity index (χ1v) is 17.6. The first kappa shape index (κ1) is 38.0. The summed E-state index contributed by atoms with van der Waals surface area (Å²) in [7, 11) is -2.90. The fraction of sp³-hybridized carbons (Fsp3) is 0.615. The molecule has 2 rings (SSSR count). The summed E-state index contributed by atoms with van der Waals surface area (Å²) in [5.41, 5.74) is 0. The van der Waals surface area contributed by atoms with Gasteiger partial charge in [0.05, 0.1) is 16.5 Å². The second kappa shape index (κ2) is 16.3. The summed E-state index contributed by atoms with van der Waals surface area (Å²) in [6, 6.07) is 20.3. The van der Waals surface area contributed by atoms with E-state index < -0.39 is 16.5 Å². The second-order valence-electron chi connectivity index (χ2n) is 10.7. The van der Waals surface area contributed by atoms with E-state index in [1.54, 1.807) is 10.4 Å². The van der Waals surface area contributed by atoms with Crippen molar-refractivity contribution in [3.63, 3.8) is 0 Å². The van der Waals surface area contributed by atoms with Crippen LogP contribution in [-0.2, 0) is 25.8 Å². The molecule has 0 fully saturated rings. The largest absolute Gasteiger partial charge is 4.00 e. The smallest absolute Gasteiger partial charge is 1.00 e. The van der Waals surface area contributed by atoms with Crippen LogP contribution >= 0.6 is 0 Å². The zero-order valence-corrected chi connectivity index (χ0v) is 30.2. The Kier molecular flexibility index (Phi) is 18.8. The molecule has 0 saturated carbocycles. The molecule has 2 aromatic rings. The molecule has 0 heterocycles. The number of nitrogens with zero attached hydrogens (tertiary/aromatic N) is 2. The molecule has 7 heteroatoms. The molecule has 2 aromatic carbocycles. The van der Waals surface area contributed by atoms with Crippen LogP contribution in [0, 0.1) is 0 Å². The molecular weight excluding hydrogens is 646 g/mol. The molecule has 0 amide bonds. The zero-order valence-electron chi connectivity index (χ0n) is 23.1. The Bertz CT molecular complexity index is 634. The molecule has 33 heavy (non-hydrogen) atoms. The number of hydrogen-bond acceptors (Lipinski definition) is 2. The third-order valence-corrected chi connectivity index (χ3v) is 14.4. The van der Waals surface area contributed by atoms with Crippen molar-refractivity contribution in [1.29, 1.82) is 0 Å². The summed E-state index contributed by atoms with van der Waals surface area (Å²) < 4.78 is 5.39. The molecule has 0 radical (unpaired) electrons. The van der Waals surface area contributed by atoms with Crippen LogP contribution in [0.5, 0.6) is 0 Å². The van der Waals surface area contributed by atoms with Gasteiger partial charge in [0, 0.05) is 0 Å². The van der Waals surface area contributed by atoms with Gasteiger partial charge in [-0.1, -0.05) is 81.6 Å². The van der Waals surface area contributed by atoms with Crippen LogP contribution in [0.3, 0.4) is 0 Å². The van der Waals surface area contributed by atoms with E-state index in [2.05, 4.69) is 139 Å². The summed E-state index contributed by atoms with van der Waals surface area (Å²) in [5.74, 6) is 0. The Morgan fingerprint density at radius 1 is 0.485 bits per heavy atom. The van der Waals surface area contributed by atoms with Gasteiger partial charge in [-0.05, 0) is 24.2 Å². The van der Waals surface area contributed by atoms with Gasteiger partial charge in [0.25, 0.3) is 0 Å². The Hall–Kier alpha value is 0.504. The quantitative estimate of drug-likeness (QED) is 0.281. The van der Waals surface area contributed by atoms with E-state index >= 15 is 0 Å². The fourth-order valence-corrected chi connectivity index (χ4v) is 13.4. The molecule has 0 bridgehead atoms. The maximum atomic E-state index is 2.70. The third kappa shape index (κ3) is 10.2. The molecule has 0 atom stereocenters. The fourth-order valence-electron chi connectivity index (χ4n) is 5.64. The van der Waals surface area contributed by atoms with E-state index in [1.807, 2.05) is 0 Å². The van der Waals surface area contributed by atoms with Gasteiger partial charge in [-0.3, -0.25) is 0 Å². The van der Waals surface area contributed by atoms with Gasteiger partial charge in [-0.25, -0.2) is 24.3 Å². The maximum Gasteiger partial charge on any atom is 4.00 e. The van der Waals surface area contributed by atoms with Gasteiger partial charge in [0.2, 0.25) is 0 Å². The van der Waals surface area contributed by atoms with Crippen molar-refractivity contribution < 1.29 is 50.7 Å². The first-order valence-electron chi connectivity index (χ1n) is 11.8. The van der Waals surface area contributed by atoms with Crippen molar-refractivity contribution in [1.82, 2.24) is 9.13 Å². The SMILES string of the molecule is CC(C)N(C(C)C)[Si](C)(C)[c-]1cccc1.CC(C)N(C(C)C)[Si](C)(C)[c-]1cccc1.[Cl-].[Cl-].[Hf+4]. The van der Waals surface area contributed by atoms with Crippen molar-refractivity contribution >= 4 is 26.8 Å². The molecule has 0 aliphatic heterocycles. The molecule has 0 aliphatic carbocycles. The Labute approximate surface area is 239 Å². The molecule has 0 spiro atoms. The normalized spacial score (nSPS) is 11.9. The van der Waals surface area contributed by atoms with E-state index in [4.69, 9.17) is 0 Å². The van der Waals surface area contributed by atoms with Crippen LogP contribution < -0.4 is 35.2 Å². The zero-order chi connectivity index (χ0) is 23.3. The van der Waals surface area contributed by atoms with Crippen molar-refractivity contribution in [2.45, 2.75) is 106 Å². The summed E-state index contributed by atoms with van der Waals surface area (Å²) >= 11 is 0. The number of hydrogen-bond donors (Lipinski definition) is 0. The van der Waals surface area contributed by atoms with Gasteiger partial charge >= 0.3 is 25.8 Å². The number of halogens is 2. The summed E-state index contributed by atoms with van der Waals surface area (Å²) in [6.45, 7) is 28.2. The Morgan fingerprint density at radius 2 is 0.667 bits per heavy atom. The predicted molar refractivity (Wildman–Crippen MR) is 143 cm³/mol. The van der Waals surface area contributed by atoms with E-state index in [1.165, 1.54) is 0 Å². The van der Waals surface area contributed by atoms with Crippen molar-refractivity contribution in [3.8, 4) is 0 Å². The first-order chi connectivity index (χ1) is 13.7. The molecule has 0 unspecified atom stereocenters. The minimum Gasteiger partial charge on any atom is -1.00 e. The van der Waals surface area contributed by atoms with Gasteiger partial charge in [-0.2, -0.15) is 24.3 Å². The van der Waals surface area contributed by atoms with Gasteiger partial charge in [0.15, 0.2) is 0 Å². The molecule has 0 aliphatic rings. The van der Waals surface area contributed by atoms with Crippen LogP contribution in [0.15, 0.2) is 48.5 Å². The van der Waals surface area contributed by atoms with Crippen LogP contribution in [0.4, 0.5) is 0 Å². The average molecular weight is 694 g/mol. The van der Waals surface area contributed by atoms with Crippen LogP contribution in [-0.4, -0.2) is 49.8 Å². The molecular formula is C26H48Cl2HfN2Si2. The van der Waals surface area contributed by atoms with Gasteiger partial charge in [-0.15, -0.1) is 10.4 Å². The van der Waals surface area contributed by atoms with Crippen LogP contribution in [0.1, 0.15) is 55.4 Å². The molecule has 0 saturated heterocycles. The Morgan fingerprint density at radius 3 is 0.818 bits per heavy atom. The molecule has 2 nitrogen and oxygen atoms in total. The summed E-state index contributed by atoms with van der Waals surface area (Å²) in [4.78, 5) is 0. The topological polar surface area (TPSA) is 6.48 Å². The average Bonchev–Trinajstić information content (AvgIpc) is 3.28. The third-order valence-electron chi connectivity index (χ3n) is 6.25. The maximum absolute atomic E-state index is 2.70. The minimum absolute atomic E-state index is 0. The van der Waals surface area contributed by atoms with Crippen molar-refractivity contribution in [2.24, 2.45) is 0 Å². The van der Waals surface area contributed by atoms with E-state index in [-0.39, 0.29) is 50.7 Å². The van der Waals surface area contributed by atoms with Crippen LogP contribution in [0.2, 0.25) is 26.2 Å². The second-order valence-corrected chi connectivity index (χ2v) is 19.1. The van der Waals surface area contributed by atoms with Crippen molar-refractivity contribution in [3.05, 3.63) is 48.5 Å². The van der Waals surface area contributed by atoms with E-state index in [9.17, 15) is 0 Å². The van der Waals surface area contributed by atoms with Crippen molar-refractivity contribution in [2.75, 3.05) is 0 Å². The standard InChI is InChI=1S/2C13H24NSi.2ClH.Hf/c2*1-11(2)14(12(3)4)15(5,6)13-9-7-8-10-13;;;/h2*7-12H,1-6H3;2*1H;/q2*-1;;;+4/p-2. The van der Waals surface area contributed by atoms with E-state index in [0.29, 0.717) is 24.2 Å². The van der Waals surface area contributed by atoms with Gasteiger partial charge in [0.1, 0.15) is 0 Å². The predicted octanol–water partition coefficient (Wildman–Crippen LogP) is -0.122.